The summed E-state index contributed by atoms with van der Waals surface area (Å²) in [5, 5.41) is 0. The van der Waals surface area contributed by atoms with Crippen molar-refractivity contribution in [1.82, 2.24) is 6.15 Å². The lowest BCUT2D eigenvalue weighted by Gasteiger charge is -0.344. The lowest BCUT2D eigenvalue weighted by molar-refractivity contribution is 2.13. The third kappa shape index (κ3) is 24.8. The van der Waals surface area contributed by atoms with Crippen molar-refractivity contribution in [2.45, 2.75) is 0 Å². The number of hydrogen-bond acceptors (Lipinski definition) is 1. The van der Waals surface area contributed by atoms with Gasteiger partial charge in [0.15, 0.2) is 17.4 Å². The van der Waals surface area contributed by atoms with Crippen LogP contribution in [0.4, 0.5) is 0 Å². The molecule has 1 nitrogen and oxygen atoms in total. The molecule has 0 aliphatic carbocycles. The fourth-order valence-corrected chi connectivity index (χ4v) is 0. The predicted molar refractivity (Wildman–Crippen MR) is 45.9 cm³/mol. The van der Waals surface area contributed by atoms with Crippen LogP contribution >= 0.6 is 9.90 Å². The van der Waals surface area contributed by atoms with Gasteiger partial charge in [0.05, 0.1) is 0 Å². The zero-order valence-electron chi connectivity index (χ0n) is 1.41. The predicted octanol–water partition coefficient (Wildman–Crippen LogP) is -3.33. The molecule has 0 fully saturated rings. The Hall–Kier alpha value is 1.91. The van der Waals surface area contributed by atoms with Gasteiger partial charge in [-0.15, -0.1) is 0 Å². The van der Waals surface area contributed by atoms with E-state index in [4.69, 9.17) is 0 Å². The second-order valence-corrected chi connectivity index (χ2v) is 0. The first kappa shape index (κ1) is 66.3. The zero-order chi connectivity index (χ0) is 0. The van der Waals surface area contributed by atoms with E-state index in [-0.39, 0.29) is 67.4 Å². The van der Waals surface area contributed by atoms with Gasteiger partial charge in [-0.05, 0) is 11.0 Å². The Morgan fingerprint density at radius 1 is 1.00 bits per heavy atom. The van der Waals surface area contributed by atoms with E-state index in [9.17, 15) is 0 Å². The van der Waals surface area contributed by atoms with Crippen LogP contribution in [0.25, 0.3) is 0 Å². The molecule has 5 heteroatoms. The van der Waals surface area contributed by atoms with E-state index in [0.717, 1.165) is 0 Å². The molecule has 5 heavy (non-hydrogen) atoms. The monoisotopic (exact) mass is 139 g/mol. The largest absolute Gasteiger partial charge is 0.344 e. The van der Waals surface area contributed by atoms with Crippen LogP contribution in [0, 0.1) is 0 Å². The van der Waals surface area contributed by atoms with Crippen molar-refractivity contribution in [3.8, 4) is 0 Å². The second-order valence-electron chi connectivity index (χ2n) is 0. The molecule has 0 spiro atoms. The van der Waals surface area contributed by atoms with Crippen LogP contribution in [-0.2, 0) is 0 Å². The summed E-state index contributed by atoms with van der Waals surface area (Å²) in [7, 11) is 0. The first-order chi connectivity index (χ1) is 0. The van der Waals surface area contributed by atoms with Gasteiger partial charge < -0.3 is 6.15 Å². The van der Waals surface area contributed by atoms with Crippen molar-refractivity contribution >= 4 is 61.3 Å². The number of rotatable bonds is 0. The van der Waals surface area contributed by atoms with E-state index in [0.29, 0.717) is 0 Å². The fraction of sp³-hybridized carbons (Fsp3) is 0. The van der Waals surface area contributed by atoms with E-state index in [2.05, 4.69) is 0 Å². The maximum atomic E-state index is 0. The van der Waals surface area contributed by atoms with E-state index in [1.54, 1.807) is 0 Å². The Morgan fingerprint density at radius 2 is 1.00 bits per heavy atom. The quantitative estimate of drug-likeness (QED) is 0.277. The van der Waals surface area contributed by atoms with Gasteiger partial charge in [-0.2, -0.15) is 9.90 Å². The average Bonchev–Trinajstić information content (AvgIpc) is 0. The first-order valence-corrected chi connectivity index (χ1v) is 0. The summed E-state index contributed by atoms with van der Waals surface area (Å²) in [5.41, 5.74) is 0. The maximum Gasteiger partial charge on any atom is 0.316 e. The van der Waals surface area contributed by atoms with Gasteiger partial charge in [-0.1, -0.05) is 0 Å². The molecular weight excluding hydrogens is 124 g/mol. The zero-order valence-corrected chi connectivity index (χ0v) is 2.83. The van der Waals surface area contributed by atoms with Gasteiger partial charge in [-0.25, -0.2) is 0 Å². The van der Waals surface area contributed by atoms with Crippen molar-refractivity contribution in [1.29, 1.82) is 0 Å². The highest BCUT2D eigenvalue weighted by Gasteiger charge is 0.316. The highest BCUT2D eigenvalue weighted by Crippen LogP contribution is 0.861. The van der Waals surface area contributed by atoms with Crippen molar-refractivity contribution in [2.24, 2.45) is 0 Å². The molecule has 0 bridgehead atoms. The van der Waals surface area contributed by atoms with Gasteiger partial charge >= 0.3 is 23.1 Å². The van der Waals surface area contributed by atoms with E-state index < -0.39 is 0 Å². The molecule has 0 heterocycles. The van der Waals surface area contributed by atoms with Gasteiger partial charge in [0.1, 0.15) is 0 Å². The van der Waals surface area contributed by atoms with Crippen LogP contribution in [0.1, 0.15) is 0 Å². The summed E-state index contributed by atoms with van der Waals surface area (Å²) in [4.78, 5) is 0. The van der Waals surface area contributed by atoms with E-state index >= 15 is 0 Å². The molecule has 0 saturated heterocycles. The third-order valence-corrected chi connectivity index (χ3v) is 0. The molecule has 34 valence electrons. The topological polar surface area (TPSA) is 35.0 Å². The molecule has 0 aromatic heterocycles. The maximum absolute atomic E-state index is 0. The highest BCUT2D eigenvalue weighted by atomic mass is 31.0. The fourth-order valence-electron chi connectivity index (χ4n) is 0. The Balaban J connectivity index is 0. The van der Waals surface area contributed by atoms with Gasteiger partial charge in [-0.3, -0.25) is 0 Å². The second kappa shape index (κ2) is 39.1. The Kier molecular flexibility index (Phi) is 519. The molecular formula is H15AlMgNPSi. The molecule has 0 aliphatic heterocycles. The number of hydrogen-bond donors (Lipinski definition) is 1. The SMILES string of the molecule is N.P.[AlH3].[MgH2].[SiH4]. The minimum Gasteiger partial charge on any atom is -0.344 e. The summed E-state index contributed by atoms with van der Waals surface area (Å²) < 4.78 is 0. The summed E-state index contributed by atoms with van der Waals surface area (Å²) in [5.74, 6) is 0. The minimum atomic E-state index is 0. The lowest BCUT2D eigenvalue weighted by Crippen LogP contribution is -0.481. The van der Waals surface area contributed by atoms with Crippen molar-refractivity contribution in [3.63, 3.8) is 0 Å². The van der Waals surface area contributed by atoms with E-state index in [1.807, 2.05) is 0 Å². The van der Waals surface area contributed by atoms with Gasteiger partial charge in [0.2, 0.25) is 0 Å². The highest BCUT2D eigenvalue weighted by molar-refractivity contribution is 6.92. The minimum absolute atomic E-state index is 0. The molecule has 3 N–H and O–H groups in total. The van der Waals surface area contributed by atoms with Crippen LogP contribution in [0.5, 0.6) is 0 Å². The molecule has 1 atom stereocenters. The molecule has 1 unspecified atom stereocenters. The molecule has 0 radical (unpaired) electrons. The Morgan fingerprint density at radius 3 is 1.00 bits per heavy atom. The Bertz CT molecular complexity index is 11.6. The summed E-state index contributed by atoms with van der Waals surface area (Å²) in [6, 6.07) is 0. The molecule has 0 aliphatic rings. The van der Waals surface area contributed by atoms with Crippen LogP contribution < -0.4 is 6.15 Å². The van der Waals surface area contributed by atoms with Crippen LogP contribution in [-0.4, -0.2) is 51.4 Å². The van der Waals surface area contributed by atoms with Gasteiger partial charge in [0.25, 0.3) is 0 Å². The van der Waals surface area contributed by atoms with Crippen molar-refractivity contribution in [3.05, 3.63) is 0 Å². The molecule has 0 saturated carbocycles. The van der Waals surface area contributed by atoms with Gasteiger partial charge in [0, 0.05) is 0 Å². The normalized spacial score (nSPS) is 0. The molecule has 0 amide bonds. The molecule has 0 aromatic carbocycles. The summed E-state index contributed by atoms with van der Waals surface area (Å²) in [6.45, 7) is 0. The van der Waals surface area contributed by atoms with Crippen LogP contribution in [0.3, 0.4) is 0 Å². The Labute approximate surface area is 67.2 Å². The average molecular weight is 139 g/mol. The molecule has 0 rings (SSSR count). The summed E-state index contributed by atoms with van der Waals surface area (Å²) in [6.07, 6.45) is 0. The standard InChI is InChI=1S/Al.Mg.H3N.H3P.H4Si.5H/h;;2*1H3;1H4;;;;;. The van der Waals surface area contributed by atoms with Crippen molar-refractivity contribution in [2.75, 3.05) is 0 Å². The van der Waals surface area contributed by atoms with E-state index in [1.165, 1.54) is 0 Å². The van der Waals surface area contributed by atoms with Crippen LogP contribution in [0.2, 0.25) is 0 Å². The van der Waals surface area contributed by atoms with Crippen LogP contribution in [0.15, 0.2) is 0 Å². The third-order valence-electron chi connectivity index (χ3n) is 0. The summed E-state index contributed by atoms with van der Waals surface area (Å²) >= 11 is 0. The van der Waals surface area contributed by atoms with Crippen molar-refractivity contribution < 1.29 is 0 Å². The smallest absolute Gasteiger partial charge is 0.316 e. The lowest BCUT2D eigenvalue weighted by atomic mass is 14.0. The molecule has 0 aromatic rings. The first-order valence-electron chi connectivity index (χ1n) is 0.